The van der Waals surface area contributed by atoms with Gasteiger partial charge in [-0.1, -0.05) is 27.7 Å². The summed E-state index contributed by atoms with van der Waals surface area (Å²) in [5.74, 6) is -5.63. The van der Waals surface area contributed by atoms with Crippen LogP contribution in [0.1, 0.15) is 40.5 Å². The number of nitrogens with zero attached hydrogens (tertiary/aromatic N) is 1. The molecule has 24 heavy (non-hydrogen) atoms. The maximum Gasteiger partial charge on any atom is 0.455 e. The number of halogens is 5. The average molecular weight is 383 g/mol. The quantitative estimate of drug-likeness (QED) is 0.427. The van der Waals surface area contributed by atoms with Crippen molar-refractivity contribution in [3.8, 4) is 0 Å². The van der Waals surface area contributed by atoms with E-state index in [9.17, 15) is 30.4 Å². The van der Waals surface area contributed by atoms with Crippen LogP contribution in [0.2, 0.25) is 0 Å². The highest BCUT2D eigenvalue weighted by Crippen LogP contribution is 2.35. The fourth-order valence-electron chi connectivity index (χ4n) is 1.68. The third kappa shape index (κ3) is 8.57. The number of hydrogen-bond acceptors (Lipinski definition) is 3. The van der Waals surface area contributed by atoms with Crippen LogP contribution < -0.4 is 0 Å². The van der Waals surface area contributed by atoms with Gasteiger partial charge in [0.15, 0.2) is 0 Å². The van der Waals surface area contributed by atoms with Gasteiger partial charge < -0.3 is 4.74 Å². The van der Waals surface area contributed by atoms with Crippen molar-refractivity contribution in [2.24, 2.45) is 5.41 Å². The van der Waals surface area contributed by atoms with E-state index in [2.05, 4.69) is 4.74 Å². The van der Waals surface area contributed by atoms with Crippen molar-refractivity contribution in [2.75, 3.05) is 32.1 Å². The third-order valence-electron chi connectivity index (χ3n) is 3.16. The van der Waals surface area contributed by atoms with Crippen LogP contribution in [0.25, 0.3) is 0 Å². The second-order valence-electron chi connectivity index (χ2n) is 6.78. The topological polar surface area (TPSA) is 46.6 Å². The minimum atomic E-state index is -5.72. The first kappa shape index (κ1) is 23.5. The molecular weight excluding hydrogens is 357 g/mol. The Morgan fingerprint density at radius 3 is 1.96 bits per heavy atom. The van der Waals surface area contributed by atoms with Gasteiger partial charge in [0.25, 0.3) is 0 Å². The van der Waals surface area contributed by atoms with Crippen LogP contribution in [0, 0.1) is 5.41 Å². The van der Waals surface area contributed by atoms with E-state index < -0.39 is 41.1 Å². The molecule has 0 amide bonds. The van der Waals surface area contributed by atoms with Crippen LogP contribution in [0.3, 0.4) is 0 Å². The van der Waals surface area contributed by atoms with Gasteiger partial charge in [0.1, 0.15) is 6.61 Å². The molecule has 146 valence electrons. The van der Waals surface area contributed by atoms with Gasteiger partial charge >= 0.3 is 12.1 Å². The summed E-state index contributed by atoms with van der Waals surface area (Å²) in [4.78, 5) is 0. The van der Waals surface area contributed by atoms with Crippen molar-refractivity contribution in [1.82, 2.24) is 4.31 Å². The molecule has 0 fully saturated rings. The van der Waals surface area contributed by atoms with Gasteiger partial charge in [-0.2, -0.15) is 22.0 Å². The molecule has 0 rings (SSSR count). The van der Waals surface area contributed by atoms with Crippen molar-refractivity contribution in [3.05, 3.63) is 0 Å². The highest BCUT2D eigenvalue weighted by Gasteiger charge is 2.57. The van der Waals surface area contributed by atoms with E-state index in [4.69, 9.17) is 0 Å². The normalized spacial score (nSPS) is 14.4. The second-order valence-corrected chi connectivity index (χ2v) is 8.87. The van der Waals surface area contributed by atoms with Gasteiger partial charge in [0.2, 0.25) is 10.0 Å². The Hall–Kier alpha value is -0.480. The molecule has 0 atom stereocenters. The Bertz CT molecular complexity index is 472. The Labute approximate surface area is 140 Å². The molecule has 10 heteroatoms. The minimum Gasteiger partial charge on any atom is -0.374 e. The number of hydrogen-bond donors (Lipinski definition) is 0. The van der Waals surface area contributed by atoms with Gasteiger partial charge in [0.05, 0.1) is 12.4 Å². The lowest BCUT2D eigenvalue weighted by Gasteiger charge is -2.26. The van der Waals surface area contributed by atoms with E-state index in [0.29, 0.717) is 12.8 Å². The van der Waals surface area contributed by atoms with Gasteiger partial charge in [0, 0.05) is 13.1 Å². The fourth-order valence-corrected chi connectivity index (χ4v) is 3.09. The lowest BCUT2D eigenvalue weighted by molar-refractivity contribution is -0.296. The zero-order chi connectivity index (χ0) is 19.2. The molecule has 0 aliphatic heterocycles. The zero-order valence-electron chi connectivity index (χ0n) is 14.4. The smallest absolute Gasteiger partial charge is 0.374 e. The standard InChI is InChI=1S/C14H26F5NO3S/c1-5-7-20(8-6-12(2,3)4)24(21,22)10-9-23-11-13(15,16)14(17,18)19/h5-11H2,1-4H3. The van der Waals surface area contributed by atoms with Crippen LogP contribution in [-0.4, -0.2) is 56.9 Å². The van der Waals surface area contributed by atoms with Crippen LogP contribution in [0.15, 0.2) is 0 Å². The van der Waals surface area contributed by atoms with Gasteiger partial charge in [-0.15, -0.1) is 0 Å². The first-order valence-corrected chi connectivity index (χ1v) is 9.23. The highest BCUT2D eigenvalue weighted by atomic mass is 32.2. The van der Waals surface area contributed by atoms with Gasteiger partial charge in [-0.3, -0.25) is 0 Å². The van der Waals surface area contributed by atoms with Gasteiger partial charge in [-0.05, 0) is 18.3 Å². The molecule has 0 aromatic rings. The molecule has 0 unspecified atom stereocenters. The maximum atomic E-state index is 12.7. The molecule has 0 spiro atoms. The Morgan fingerprint density at radius 2 is 1.54 bits per heavy atom. The molecule has 0 aromatic carbocycles. The van der Waals surface area contributed by atoms with Crippen LogP contribution >= 0.6 is 0 Å². The number of alkyl halides is 5. The SMILES string of the molecule is CCCN(CCC(C)(C)C)S(=O)(=O)CCOCC(F)(F)C(F)(F)F. The van der Waals surface area contributed by atoms with E-state index in [1.165, 1.54) is 4.31 Å². The van der Waals surface area contributed by atoms with E-state index in [1.807, 2.05) is 20.8 Å². The number of rotatable bonds is 10. The third-order valence-corrected chi connectivity index (χ3v) is 5.00. The lowest BCUT2D eigenvalue weighted by Crippen LogP contribution is -2.41. The summed E-state index contributed by atoms with van der Waals surface area (Å²) >= 11 is 0. The molecule has 0 aliphatic carbocycles. The van der Waals surface area contributed by atoms with Crippen LogP contribution in [-0.2, 0) is 14.8 Å². The maximum absolute atomic E-state index is 12.7. The predicted molar refractivity (Wildman–Crippen MR) is 81.5 cm³/mol. The molecule has 0 bridgehead atoms. The highest BCUT2D eigenvalue weighted by molar-refractivity contribution is 7.89. The van der Waals surface area contributed by atoms with Crippen LogP contribution in [0.4, 0.5) is 22.0 Å². The summed E-state index contributed by atoms with van der Waals surface area (Å²) in [6.07, 6.45) is -4.55. The molecule has 4 nitrogen and oxygen atoms in total. The van der Waals surface area contributed by atoms with Crippen molar-refractivity contribution < 1.29 is 35.1 Å². The predicted octanol–water partition coefficient (Wildman–Crippen LogP) is 3.68. The molecular formula is C14H26F5NO3S. The molecule has 0 aliphatic rings. The summed E-state index contributed by atoms with van der Waals surface area (Å²) in [6.45, 7) is 5.56. The molecule has 0 saturated heterocycles. The average Bonchev–Trinajstić information content (AvgIpc) is 2.37. The van der Waals surface area contributed by atoms with Crippen LogP contribution in [0.5, 0.6) is 0 Å². The molecule has 0 saturated carbocycles. The summed E-state index contributed by atoms with van der Waals surface area (Å²) in [5, 5.41) is 0. The zero-order valence-corrected chi connectivity index (χ0v) is 15.2. The Kier molecular flexibility index (Phi) is 8.58. The monoisotopic (exact) mass is 383 g/mol. The largest absolute Gasteiger partial charge is 0.455 e. The Morgan fingerprint density at radius 1 is 1.00 bits per heavy atom. The summed E-state index contributed by atoms with van der Waals surface area (Å²) in [6, 6.07) is 0. The fraction of sp³-hybridized carbons (Fsp3) is 1.00. The number of sulfonamides is 1. The first-order chi connectivity index (χ1) is 10.6. The van der Waals surface area contributed by atoms with E-state index >= 15 is 0 Å². The van der Waals surface area contributed by atoms with Crippen molar-refractivity contribution >= 4 is 10.0 Å². The minimum absolute atomic E-state index is 0.0905. The summed E-state index contributed by atoms with van der Waals surface area (Å²) in [5.41, 5.74) is -0.0905. The molecule has 0 heterocycles. The lowest BCUT2D eigenvalue weighted by atomic mass is 9.92. The van der Waals surface area contributed by atoms with E-state index in [-0.39, 0.29) is 18.5 Å². The van der Waals surface area contributed by atoms with E-state index in [0.717, 1.165) is 0 Å². The van der Waals surface area contributed by atoms with Crippen molar-refractivity contribution in [1.29, 1.82) is 0 Å². The van der Waals surface area contributed by atoms with E-state index in [1.54, 1.807) is 6.92 Å². The Balaban J connectivity index is 4.58. The van der Waals surface area contributed by atoms with Crippen molar-refractivity contribution in [2.45, 2.75) is 52.6 Å². The number of ether oxygens (including phenoxy) is 1. The summed E-state index contributed by atoms with van der Waals surface area (Å²) in [7, 11) is -3.78. The molecule has 0 N–H and O–H groups in total. The van der Waals surface area contributed by atoms with Crippen molar-refractivity contribution in [3.63, 3.8) is 0 Å². The first-order valence-electron chi connectivity index (χ1n) is 7.62. The molecule has 0 aromatic heterocycles. The van der Waals surface area contributed by atoms with Gasteiger partial charge in [-0.25, -0.2) is 12.7 Å². The molecule has 0 radical (unpaired) electrons. The second kappa shape index (κ2) is 8.75. The summed E-state index contributed by atoms with van der Waals surface area (Å²) < 4.78 is 91.2.